The SMILES string of the molecule is CCc1c(O)cc(O)c(-c2cccc(OC)c2)c1CCOCC(O)CO. The van der Waals surface area contributed by atoms with E-state index >= 15 is 0 Å². The number of hydrogen-bond acceptors (Lipinski definition) is 6. The van der Waals surface area contributed by atoms with E-state index < -0.39 is 6.10 Å². The number of phenols is 2. The monoisotopic (exact) mass is 362 g/mol. The quantitative estimate of drug-likeness (QED) is 0.511. The summed E-state index contributed by atoms with van der Waals surface area (Å²) in [5.74, 6) is 0.696. The second-order valence-electron chi connectivity index (χ2n) is 5.99. The molecule has 0 heterocycles. The van der Waals surface area contributed by atoms with Crippen LogP contribution >= 0.6 is 0 Å². The topological polar surface area (TPSA) is 99.4 Å². The Morgan fingerprint density at radius 2 is 1.85 bits per heavy atom. The Labute approximate surface area is 153 Å². The van der Waals surface area contributed by atoms with Crippen LogP contribution in [0.5, 0.6) is 17.2 Å². The predicted octanol–water partition coefficient (Wildman–Crippen LogP) is 2.25. The summed E-state index contributed by atoms with van der Waals surface area (Å²) >= 11 is 0. The van der Waals surface area contributed by atoms with Crippen molar-refractivity contribution in [1.29, 1.82) is 0 Å². The van der Waals surface area contributed by atoms with Crippen molar-refractivity contribution in [2.75, 3.05) is 26.9 Å². The second-order valence-corrected chi connectivity index (χ2v) is 5.99. The number of methoxy groups -OCH3 is 1. The maximum Gasteiger partial charge on any atom is 0.127 e. The lowest BCUT2D eigenvalue weighted by Gasteiger charge is -2.18. The van der Waals surface area contributed by atoms with E-state index in [-0.39, 0.29) is 31.3 Å². The molecular weight excluding hydrogens is 336 g/mol. The Morgan fingerprint density at radius 1 is 1.08 bits per heavy atom. The van der Waals surface area contributed by atoms with Crippen molar-refractivity contribution in [1.82, 2.24) is 0 Å². The number of hydrogen-bond donors (Lipinski definition) is 4. The molecule has 4 N–H and O–H groups in total. The number of aliphatic hydroxyl groups is 2. The van der Waals surface area contributed by atoms with Crippen LogP contribution in [-0.4, -0.2) is 53.5 Å². The van der Waals surface area contributed by atoms with Gasteiger partial charge < -0.3 is 29.9 Å². The molecule has 0 aromatic heterocycles. The van der Waals surface area contributed by atoms with E-state index in [0.29, 0.717) is 24.2 Å². The lowest BCUT2D eigenvalue weighted by atomic mass is 9.90. The van der Waals surface area contributed by atoms with Crippen molar-refractivity contribution in [2.24, 2.45) is 0 Å². The molecule has 6 heteroatoms. The van der Waals surface area contributed by atoms with E-state index in [1.807, 2.05) is 31.2 Å². The molecule has 0 saturated carbocycles. The van der Waals surface area contributed by atoms with Gasteiger partial charge in [-0.2, -0.15) is 0 Å². The lowest BCUT2D eigenvalue weighted by molar-refractivity contribution is 0.00720. The normalized spacial score (nSPS) is 12.2. The first-order valence-corrected chi connectivity index (χ1v) is 8.59. The first-order chi connectivity index (χ1) is 12.5. The summed E-state index contributed by atoms with van der Waals surface area (Å²) in [6.07, 6.45) is 0.115. The molecule has 2 rings (SSSR count). The van der Waals surface area contributed by atoms with Crippen molar-refractivity contribution >= 4 is 0 Å². The van der Waals surface area contributed by atoms with Crippen LogP contribution in [-0.2, 0) is 17.6 Å². The smallest absolute Gasteiger partial charge is 0.127 e. The fourth-order valence-electron chi connectivity index (χ4n) is 2.97. The minimum atomic E-state index is -0.920. The van der Waals surface area contributed by atoms with Gasteiger partial charge in [0.25, 0.3) is 0 Å². The molecule has 1 unspecified atom stereocenters. The van der Waals surface area contributed by atoms with Gasteiger partial charge in [0.05, 0.1) is 26.9 Å². The van der Waals surface area contributed by atoms with Crippen LogP contribution in [0.25, 0.3) is 11.1 Å². The van der Waals surface area contributed by atoms with Crippen LogP contribution in [0.2, 0.25) is 0 Å². The molecule has 0 bridgehead atoms. The molecule has 0 aliphatic rings. The van der Waals surface area contributed by atoms with Crippen LogP contribution < -0.4 is 4.74 Å². The highest BCUT2D eigenvalue weighted by molar-refractivity contribution is 5.77. The fraction of sp³-hybridized carbons (Fsp3) is 0.400. The van der Waals surface area contributed by atoms with E-state index in [1.165, 1.54) is 6.07 Å². The molecule has 2 aromatic carbocycles. The maximum absolute atomic E-state index is 10.5. The number of aliphatic hydroxyl groups excluding tert-OH is 2. The zero-order valence-electron chi connectivity index (χ0n) is 15.1. The highest BCUT2D eigenvalue weighted by atomic mass is 16.5. The second kappa shape index (κ2) is 9.43. The van der Waals surface area contributed by atoms with Gasteiger partial charge in [-0.3, -0.25) is 0 Å². The van der Waals surface area contributed by atoms with E-state index in [2.05, 4.69) is 0 Å². The standard InChI is InChI=1S/C20H26O6/c1-3-16-17(7-8-26-12-14(22)11-21)20(19(24)10-18(16)23)13-5-4-6-15(9-13)25-2/h4-6,9-10,14,21-24H,3,7-8,11-12H2,1-2H3. The maximum atomic E-state index is 10.5. The largest absolute Gasteiger partial charge is 0.508 e. The van der Waals surface area contributed by atoms with Gasteiger partial charge in [0.2, 0.25) is 0 Å². The van der Waals surface area contributed by atoms with E-state index in [1.54, 1.807) is 7.11 Å². The highest BCUT2D eigenvalue weighted by Gasteiger charge is 2.18. The van der Waals surface area contributed by atoms with Gasteiger partial charge in [0, 0.05) is 11.6 Å². The van der Waals surface area contributed by atoms with Gasteiger partial charge in [0.15, 0.2) is 0 Å². The minimum Gasteiger partial charge on any atom is -0.508 e. The number of rotatable bonds is 9. The van der Waals surface area contributed by atoms with Crippen molar-refractivity contribution < 1.29 is 29.9 Å². The van der Waals surface area contributed by atoms with Crippen LogP contribution in [0.15, 0.2) is 30.3 Å². The zero-order chi connectivity index (χ0) is 19.1. The van der Waals surface area contributed by atoms with Crippen LogP contribution in [0.3, 0.4) is 0 Å². The van der Waals surface area contributed by atoms with Gasteiger partial charge in [-0.1, -0.05) is 19.1 Å². The summed E-state index contributed by atoms with van der Waals surface area (Å²) in [5, 5.41) is 38.9. The van der Waals surface area contributed by atoms with Crippen molar-refractivity contribution in [3.63, 3.8) is 0 Å². The Hall–Kier alpha value is -2.28. The predicted molar refractivity (Wildman–Crippen MR) is 98.8 cm³/mol. The minimum absolute atomic E-state index is 0.0154. The third-order valence-electron chi connectivity index (χ3n) is 4.23. The molecule has 0 amide bonds. The molecule has 0 fully saturated rings. The van der Waals surface area contributed by atoms with Gasteiger partial charge in [-0.25, -0.2) is 0 Å². The van der Waals surface area contributed by atoms with Gasteiger partial charge in [-0.15, -0.1) is 0 Å². The molecule has 0 radical (unpaired) electrons. The summed E-state index contributed by atoms with van der Waals surface area (Å²) in [5.41, 5.74) is 2.94. The Balaban J connectivity index is 2.39. The Bertz CT molecular complexity index is 728. The molecule has 0 aliphatic heterocycles. The lowest BCUT2D eigenvalue weighted by Crippen LogP contribution is -2.20. The number of phenolic OH excluding ortho intramolecular Hbond substituents is 2. The van der Waals surface area contributed by atoms with Crippen LogP contribution in [0.4, 0.5) is 0 Å². The molecule has 2 aromatic rings. The summed E-state index contributed by atoms with van der Waals surface area (Å²) in [4.78, 5) is 0. The zero-order valence-corrected chi connectivity index (χ0v) is 15.1. The first-order valence-electron chi connectivity index (χ1n) is 8.59. The highest BCUT2D eigenvalue weighted by Crippen LogP contribution is 2.40. The van der Waals surface area contributed by atoms with Gasteiger partial charge in [0.1, 0.15) is 23.4 Å². The van der Waals surface area contributed by atoms with E-state index in [9.17, 15) is 15.3 Å². The van der Waals surface area contributed by atoms with Crippen molar-refractivity contribution in [3.8, 4) is 28.4 Å². The van der Waals surface area contributed by atoms with E-state index in [0.717, 1.165) is 16.7 Å². The molecule has 0 spiro atoms. The van der Waals surface area contributed by atoms with Crippen LogP contribution in [0.1, 0.15) is 18.1 Å². The fourth-order valence-corrected chi connectivity index (χ4v) is 2.97. The summed E-state index contributed by atoms with van der Waals surface area (Å²) in [6.45, 7) is 1.88. The third-order valence-corrected chi connectivity index (χ3v) is 4.23. The Morgan fingerprint density at radius 3 is 2.50 bits per heavy atom. The number of ether oxygens (including phenoxy) is 2. The van der Waals surface area contributed by atoms with E-state index in [4.69, 9.17) is 14.6 Å². The molecule has 142 valence electrons. The van der Waals surface area contributed by atoms with Crippen molar-refractivity contribution in [3.05, 3.63) is 41.5 Å². The van der Waals surface area contributed by atoms with Crippen molar-refractivity contribution in [2.45, 2.75) is 25.9 Å². The van der Waals surface area contributed by atoms with Gasteiger partial charge in [-0.05, 0) is 41.7 Å². The first kappa shape index (κ1) is 20.0. The molecule has 0 saturated heterocycles. The molecular formula is C20H26O6. The average molecular weight is 362 g/mol. The molecule has 1 atom stereocenters. The summed E-state index contributed by atoms with van der Waals surface area (Å²) < 4.78 is 10.7. The summed E-state index contributed by atoms with van der Waals surface area (Å²) in [6, 6.07) is 8.71. The molecule has 6 nitrogen and oxygen atoms in total. The average Bonchev–Trinajstić information content (AvgIpc) is 2.64. The molecule has 0 aliphatic carbocycles. The van der Waals surface area contributed by atoms with Crippen LogP contribution in [0, 0.1) is 0 Å². The van der Waals surface area contributed by atoms with Gasteiger partial charge >= 0.3 is 0 Å². The molecule has 26 heavy (non-hydrogen) atoms. The summed E-state index contributed by atoms with van der Waals surface area (Å²) in [7, 11) is 1.58. The Kier molecular flexibility index (Phi) is 7.26. The third kappa shape index (κ3) is 4.66. The number of aromatic hydroxyl groups is 2. The number of benzene rings is 2.